The van der Waals surface area contributed by atoms with E-state index in [1.54, 1.807) is 27.5 Å². The lowest BCUT2D eigenvalue weighted by Gasteiger charge is -2.16. The number of para-hydroxylation sites is 1. The van der Waals surface area contributed by atoms with Crippen molar-refractivity contribution in [1.29, 1.82) is 0 Å². The smallest absolute Gasteiger partial charge is 0.203 e. The molecule has 136 valence electrons. The zero-order valence-electron chi connectivity index (χ0n) is 15.4. The van der Waals surface area contributed by atoms with Crippen molar-refractivity contribution >= 4 is 0 Å². The lowest BCUT2D eigenvalue weighted by molar-refractivity contribution is 0.324. The highest BCUT2D eigenvalue weighted by Crippen LogP contribution is 2.40. The summed E-state index contributed by atoms with van der Waals surface area (Å²) in [5.41, 5.74) is 1.76. The number of ether oxygens (including phenoxy) is 4. The van der Waals surface area contributed by atoms with Crippen molar-refractivity contribution in [2.75, 3.05) is 27.9 Å². The molecule has 26 heavy (non-hydrogen) atoms. The molecular weight excluding hydrogens is 332 g/mol. The molecule has 0 amide bonds. The fourth-order valence-corrected chi connectivity index (χ4v) is 2.85. The van der Waals surface area contributed by atoms with Crippen LogP contribution in [0.25, 0.3) is 17.1 Å². The first kappa shape index (κ1) is 17.7. The predicted molar refractivity (Wildman–Crippen MR) is 99.8 cm³/mol. The van der Waals surface area contributed by atoms with Crippen LogP contribution in [0.3, 0.4) is 0 Å². The molecule has 2 aromatic carbocycles. The molecule has 0 aliphatic carbocycles. The van der Waals surface area contributed by atoms with Crippen LogP contribution in [0, 0.1) is 0 Å². The molecule has 0 aliphatic heterocycles. The van der Waals surface area contributed by atoms with Gasteiger partial charge >= 0.3 is 0 Å². The second-order valence-electron chi connectivity index (χ2n) is 5.43. The summed E-state index contributed by atoms with van der Waals surface area (Å²) in [6.07, 6.45) is 3.64. The number of benzene rings is 2. The maximum Gasteiger partial charge on any atom is 0.203 e. The summed E-state index contributed by atoms with van der Waals surface area (Å²) in [5, 5.41) is 0. The summed E-state index contributed by atoms with van der Waals surface area (Å²) in [7, 11) is 4.78. The highest BCUT2D eigenvalue weighted by atomic mass is 16.5. The van der Waals surface area contributed by atoms with E-state index >= 15 is 0 Å². The van der Waals surface area contributed by atoms with Crippen LogP contribution in [-0.2, 0) is 0 Å². The number of methoxy groups -OCH3 is 3. The first-order valence-electron chi connectivity index (χ1n) is 8.29. The van der Waals surface area contributed by atoms with Crippen LogP contribution in [0.5, 0.6) is 23.0 Å². The van der Waals surface area contributed by atoms with Gasteiger partial charge in [0.25, 0.3) is 0 Å². The van der Waals surface area contributed by atoms with Crippen molar-refractivity contribution in [1.82, 2.24) is 9.55 Å². The Bertz CT molecular complexity index is 864. The van der Waals surface area contributed by atoms with Gasteiger partial charge in [0.1, 0.15) is 11.6 Å². The molecule has 0 radical (unpaired) electrons. The Morgan fingerprint density at radius 3 is 2.23 bits per heavy atom. The molecule has 3 rings (SSSR count). The second kappa shape index (κ2) is 7.82. The van der Waals surface area contributed by atoms with E-state index in [1.807, 2.05) is 54.1 Å². The fourth-order valence-electron chi connectivity index (χ4n) is 2.85. The van der Waals surface area contributed by atoms with Gasteiger partial charge in [-0.2, -0.15) is 0 Å². The minimum Gasteiger partial charge on any atom is -0.493 e. The number of rotatable bonds is 7. The molecule has 1 heterocycles. The van der Waals surface area contributed by atoms with Gasteiger partial charge in [-0.25, -0.2) is 4.98 Å². The molecule has 0 saturated carbocycles. The van der Waals surface area contributed by atoms with Crippen molar-refractivity contribution in [3.05, 3.63) is 48.8 Å². The largest absolute Gasteiger partial charge is 0.493 e. The molecule has 0 saturated heterocycles. The van der Waals surface area contributed by atoms with E-state index in [4.69, 9.17) is 18.9 Å². The number of nitrogens with zero attached hydrogens (tertiary/aromatic N) is 2. The van der Waals surface area contributed by atoms with Gasteiger partial charge < -0.3 is 18.9 Å². The van der Waals surface area contributed by atoms with Gasteiger partial charge in [-0.15, -0.1) is 0 Å². The van der Waals surface area contributed by atoms with Crippen LogP contribution in [0.2, 0.25) is 0 Å². The van der Waals surface area contributed by atoms with Crippen LogP contribution < -0.4 is 18.9 Å². The standard InChI is InChI=1S/C20H22N2O4/c1-5-26-16-9-7-6-8-15(16)20-21-10-11-22(20)14-12-17(23-2)19(25-4)18(13-14)24-3/h6-13H,5H2,1-4H3. The summed E-state index contributed by atoms with van der Waals surface area (Å²) >= 11 is 0. The maximum atomic E-state index is 5.76. The third-order valence-corrected chi connectivity index (χ3v) is 4.00. The van der Waals surface area contributed by atoms with Crippen LogP contribution in [0.4, 0.5) is 0 Å². The maximum absolute atomic E-state index is 5.76. The van der Waals surface area contributed by atoms with E-state index in [9.17, 15) is 0 Å². The molecule has 0 unspecified atom stereocenters. The highest BCUT2D eigenvalue weighted by Gasteiger charge is 2.17. The summed E-state index contributed by atoms with van der Waals surface area (Å²) in [6.45, 7) is 2.55. The molecule has 0 spiro atoms. The fraction of sp³-hybridized carbons (Fsp3) is 0.250. The summed E-state index contributed by atoms with van der Waals surface area (Å²) < 4.78 is 24.0. The van der Waals surface area contributed by atoms with Gasteiger partial charge in [0, 0.05) is 24.5 Å². The number of hydrogen-bond acceptors (Lipinski definition) is 5. The Labute approximate surface area is 152 Å². The SMILES string of the molecule is CCOc1ccccc1-c1nccn1-c1cc(OC)c(OC)c(OC)c1. The summed E-state index contributed by atoms with van der Waals surface area (Å²) in [6, 6.07) is 11.6. The van der Waals surface area contributed by atoms with Gasteiger partial charge in [-0.3, -0.25) is 4.57 Å². The first-order chi connectivity index (χ1) is 12.7. The molecule has 0 bridgehead atoms. The highest BCUT2D eigenvalue weighted by molar-refractivity contribution is 5.68. The molecule has 1 aromatic heterocycles. The molecule has 0 fully saturated rings. The van der Waals surface area contributed by atoms with Crippen LogP contribution >= 0.6 is 0 Å². The molecule has 3 aromatic rings. The minimum atomic E-state index is 0.551. The topological polar surface area (TPSA) is 54.7 Å². The van der Waals surface area contributed by atoms with E-state index in [-0.39, 0.29) is 0 Å². The van der Waals surface area contributed by atoms with Crippen LogP contribution in [0.15, 0.2) is 48.8 Å². The Morgan fingerprint density at radius 1 is 0.923 bits per heavy atom. The second-order valence-corrected chi connectivity index (χ2v) is 5.43. The average Bonchev–Trinajstić information content (AvgIpc) is 3.17. The van der Waals surface area contributed by atoms with E-state index in [0.29, 0.717) is 23.9 Å². The molecule has 0 aliphatic rings. The minimum absolute atomic E-state index is 0.551. The number of imidazole rings is 1. The predicted octanol–water partition coefficient (Wildman–Crippen LogP) is 3.96. The zero-order chi connectivity index (χ0) is 18.5. The summed E-state index contributed by atoms with van der Waals surface area (Å²) in [5.74, 6) is 3.27. The van der Waals surface area contributed by atoms with Crippen LogP contribution in [-0.4, -0.2) is 37.5 Å². The molecule has 6 nitrogen and oxygen atoms in total. The number of aromatic nitrogens is 2. The van der Waals surface area contributed by atoms with Gasteiger partial charge in [0.2, 0.25) is 5.75 Å². The average molecular weight is 354 g/mol. The molecular formula is C20H22N2O4. The Kier molecular flexibility index (Phi) is 5.31. The van der Waals surface area contributed by atoms with E-state index in [0.717, 1.165) is 22.8 Å². The van der Waals surface area contributed by atoms with Gasteiger partial charge in [-0.1, -0.05) is 12.1 Å². The Morgan fingerprint density at radius 2 is 1.62 bits per heavy atom. The molecule has 6 heteroatoms. The van der Waals surface area contributed by atoms with E-state index in [1.165, 1.54) is 0 Å². The van der Waals surface area contributed by atoms with Gasteiger partial charge in [-0.05, 0) is 19.1 Å². The zero-order valence-corrected chi connectivity index (χ0v) is 15.4. The third kappa shape index (κ3) is 3.18. The van der Waals surface area contributed by atoms with E-state index in [2.05, 4.69) is 4.98 Å². The van der Waals surface area contributed by atoms with Crippen molar-refractivity contribution < 1.29 is 18.9 Å². The molecule has 0 atom stereocenters. The van der Waals surface area contributed by atoms with Crippen molar-refractivity contribution in [2.45, 2.75) is 6.92 Å². The van der Waals surface area contributed by atoms with Crippen LogP contribution in [0.1, 0.15) is 6.92 Å². The lowest BCUT2D eigenvalue weighted by atomic mass is 10.1. The molecule has 0 N–H and O–H groups in total. The third-order valence-electron chi connectivity index (χ3n) is 4.00. The van der Waals surface area contributed by atoms with E-state index < -0.39 is 0 Å². The van der Waals surface area contributed by atoms with Crippen molar-refractivity contribution in [3.63, 3.8) is 0 Å². The van der Waals surface area contributed by atoms with Crippen molar-refractivity contribution in [2.24, 2.45) is 0 Å². The first-order valence-corrected chi connectivity index (χ1v) is 8.29. The van der Waals surface area contributed by atoms with Gasteiger partial charge in [0.05, 0.1) is 39.2 Å². The lowest BCUT2D eigenvalue weighted by Crippen LogP contribution is -2.02. The Balaban J connectivity index is 2.15. The summed E-state index contributed by atoms with van der Waals surface area (Å²) in [4.78, 5) is 4.53. The Hall–Kier alpha value is -3.15. The normalized spacial score (nSPS) is 10.5. The quantitative estimate of drug-likeness (QED) is 0.643. The number of hydrogen-bond donors (Lipinski definition) is 0. The monoisotopic (exact) mass is 354 g/mol. The van der Waals surface area contributed by atoms with Crippen molar-refractivity contribution in [3.8, 4) is 40.1 Å². The van der Waals surface area contributed by atoms with Gasteiger partial charge in [0.15, 0.2) is 11.5 Å².